The van der Waals surface area contributed by atoms with E-state index in [4.69, 9.17) is 9.47 Å². The second-order valence-corrected chi connectivity index (χ2v) is 7.79. The first-order chi connectivity index (χ1) is 16.9. The molecule has 0 aliphatic carbocycles. The fourth-order valence-electron chi connectivity index (χ4n) is 3.30. The molecule has 1 fully saturated rings. The van der Waals surface area contributed by atoms with Gasteiger partial charge in [0.15, 0.2) is 11.5 Å². The van der Waals surface area contributed by atoms with E-state index >= 15 is 0 Å². The van der Waals surface area contributed by atoms with Gasteiger partial charge in [0.25, 0.3) is 11.8 Å². The Morgan fingerprint density at radius 2 is 1.50 bits per heavy atom. The minimum Gasteiger partial charge on any atom is -0.423 e. The summed E-state index contributed by atoms with van der Waals surface area (Å²) in [4.78, 5) is 67.7. The molecule has 2 aromatic rings. The first kappa shape index (κ1) is 25.9. The molecule has 0 N–H and O–H groups in total. The standard InChI is InChI=1S/C24H22FN4O7/c1-13(30)35-18-11-6-15(12-19(18)36-14(2)31)21(32)26-20-22(27(3)4)29(24(34)28(5)23(20)33)17-9-7-16(25)8-10-17/h6-12H,1-5H3/q+1. The maximum atomic E-state index is 13.5. The van der Waals surface area contributed by atoms with Crippen LogP contribution < -0.4 is 14.4 Å². The van der Waals surface area contributed by atoms with Gasteiger partial charge < -0.3 is 9.47 Å². The highest BCUT2D eigenvalue weighted by Crippen LogP contribution is 2.29. The van der Waals surface area contributed by atoms with Crippen molar-refractivity contribution in [1.29, 1.82) is 0 Å². The molecule has 12 heteroatoms. The molecule has 0 unspecified atom stereocenters. The van der Waals surface area contributed by atoms with E-state index in [1.807, 2.05) is 0 Å². The van der Waals surface area contributed by atoms with Crippen molar-refractivity contribution in [2.45, 2.75) is 13.8 Å². The van der Waals surface area contributed by atoms with E-state index in [0.29, 0.717) is 0 Å². The summed E-state index contributed by atoms with van der Waals surface area (Å²) in [6.45, 7) is 2.28. The zero-order chi connectivity index (χ0) is 26.7. The van der Waals surface area contributed by atoms with Gasteiger partial charge in [0, 0.05) is 26.5 Å². The predicted octanol–water partition coefficient (Wildman–Crippen LogP) is 2.03. The van der Waals surface area contributed by atoms with Gasteiger partial charge in [0.1, 0.15) is 11.5 Å². The number of hydrogen-bond donors (Lipinski definition) is 0. The van der Waals surface area contributed by atoms with Gasteiger partial charge in [-0.2, -0.15) is 4.99 Å². The number of imide groups is 1. The number of amides is 4. The Bertz CT molecular complexity index is 1340. The van der Waals surface area contributed by atoms with Crippen LogP contribution in [0.15, 0.2) is 47.5 Å². The summed E-state index contributed by atoms with van der Waals surface area (Å²) in [6.07, 6.45) is 0. The van der Waals surface area contributed by atoms with Gasteiger partial charge in [0.05, 0.1) is 14.1 Å². The number of benzene rings is 2. The Morgan fingerprint density at radius 3 is 2.06 bits per heavy atom. The molecular weight excluding hydrogens is 475 g/mol. The molecule has 36 heavy (non-hydrogen) atoms. The van der Waals surface area contributed by atoms with E-state index in [1.54, 1.807) is 14.1 Å². The van der Waals surface area contributed by atoms with Crippen molar-refractivity contribution in [2.75, 3.05) is 26.0 Å². The van der Waals surface area contributed by atoms with Crippen LogP contribution in [0.4, 0.5) is 14.9 Å². The van der Waals surface area contributed by atoms with Crippen LogP contribution in [0.5, 0.6) is 11.5 Å². The van der Waals surface area contributed by atoms with Gasteiger partial charge in [-0.05, 0) is 42.5 Å². The van der Waals surface area contributed by atoms with Crippen molar-refractivity contribution in [1.82, 2.24) is 4.90 Å². The fourth-order valence-corrected chi connectivity index (χ4v) is 3.30. The molecule has 0 radical (unpaired) electrons. The predicted molar refractivity (Wildman–Crippen MR) is 125 cm³/mol. The molecule has 1 aliphatic heterocycles. The first-order valence-corrected chi connectivity index (χ1v) is 10.5. The number of ether oxygens (including phenoxy) is 2. The van der Waals surface area contributed by atoms with Gasteiger partial charge in [-0.3, -0.25) is 23.8 Å². The molecule has 1 aliphatic rings. The van der Waals surface area contributed by atoms with Crippen molar-refractivity contribution in [3.63, 3.8) is 0 Å². The smallest absolute Gasteiger partial charge is 0.423 e. The van der Waals surface area contributed by atoms with E-state index in [9.17, 15) is 28.4 Å². The third kappa shape index (κ3) is 5.32. The number of carbonyl (C=O) groups excluding carboxylic acids is 5. The summed E-state index contributed by atoms with van der Waals surface area (Å²) in [5, 5.41) is 0. The second-order valence-electron chi connectivity index (χ2n) is 7.79. The van der Waals surface area contributed by atoms with Crippen molar-refractivity contribution >= 4 is 47.0 Å². The average molecular weight is 497 g/mol. The third-order valence-corrected chi connectivity index (χ3v) is 4.83. The summed E-state index contributed by atoms with van der Waals surface area (Å²) in [7, 11) is 4.31. The number of carbonyl (C=O) groups is 5. The summed E-state index contributed by atoms with van der Waals surface area (Å²) in [5.74, 6) is -3.97. The number of amidine groups is 1. The second kappa shape index (κ2) is 10.3. The Balaban J connectivity index is 2.11. The lowest BCUT2D eigenvalue weighted by atomic mass is 10.1. The number of anilines is 1. The minimum atomic E-state index is -0.901. The van der Waals surface area contributed by atoms with Crippen molar-refractivity contribution < 1.29 is 42.4 Å². The lowest BCUT2D eigenvalue weighted by molar-refractivity contribution is -0.463. The van der Waals surface area contributed by atoms with E-state index in [2.05, 4.69) is 4.99 Å². The maximum Gasteiger partial charge on any atom is 0.423 e. The van der Waals surface area contributed by atoms with E-state index in [1.165, 1.54) is 35.9 Å². The number of esters is 2. The summed E-state index contributed by atoms with van der Waals surface area (Å²) >= 11 is 0. The lowest BCUT2D eigenvalue weighted by Gasteiger charge is -2.28. The molecular formula is C24H22FN4O7+. The Morgan fingerprint density at radius 1 is 0.917 bits per heavy atom. The van der Waals surface area contributed by atoms with E-state index in [-0.39, 0.29) is 34.3 Å². The first-order valence-electron chi connectivity index (χ1n) is 10.5. The Labute approximate surface area is 205 Å². The molecule has 1 saturated heterocycles. The number of rotatable bonds is 4. The van der Waals surface area contributed by atoms with Crippen LogP contribution in [0.25, 0.3) is 0 Å². The lowest BCUT2D eigenvalue weighted by Crippen LogP contribution is -2.61. The molecule has 1 heterocycles. The molecule has 0 saturated carbocycles. The summed E-state index contributed by atoms with van der Waals surface area (Å²) in [5.41, 5.74) is -0.199. The molecule has 11 nitrogen and oxygen atoms in total. The maximum absolute atomic E-state index is 13.5. The molecule has 0 bridgehead atoms. The van der Waals surface area contributed by atoms with Gasteiger partial charge in [-0.25, -0.2) is 14.1 Å². The molecule has 0 atom stereocenters. The highest BCUT2D eigenvalue weighted by atomic mass is 19.1. The molecule has 4 amide bonds. The molecule has 2 aromatic carbocycles. The average Bonchev–Trinajstić information content (AvgIpc) is 2.80. The van der Waals surface area contributed by atoms with Crippen LogP contribution in [0.3, 0.4) is 0 Å². The number of aliphatic imine (C=N–C) groups is 1. The van der Waals surface area contributed by atoms with Gasteiger partial charge >= 0.3 is 23.8 Å². The van der Waals surface area contributed by atoms with Crippen molar-refractivity contribution in [3.05, 3.63) is 53.8 Å². The van der Waals surface area contributed by atoms with Crippen LogP contribution >= 0.6 is 0 Å². The minimum absolute atomic E-state index is 0.0141. The van der Waals surface area contributed by atoms with E-state index in [0.717, 1.165) is 41.8 Å². The summed E-state index contributed by atoms with van der Waals surface area (Å²) in [6, 6.07) is 7.91. The topological polar surface area (TPSA) is 126 Å². The van der Waals surface area contributed by atoms with Crippen LogP contribution in [0.1, 0.15) is 24.2 Å². The van der Waals surface area contributed by atoms with Crippen LogP contribution in [0, 0.1) is 5.82 Å². The van der Waals surface area contributed by atoms with Gasteiger partial charge in [-0.1, -0.05) is 0 Å². The number of hydrogen-bond acceptors (Lipinski definition) is 7. The monoisotopic (exact) mass is 497 g/mol. The highest BCUT2D eigenvalue weighted by molar-refractivity contribution is 6.73. The Hall–Kier alpha value is -4.74. The SMILES string of the molecule is CC(=O)Oc1ccc(C(=O)N=C2C(=O)N(C)C(=O)N(c3ccc(F)cc3)C2=[N+](C)C)cc1OC(C)=O. The van der Waals surface area contributed by atoms with E-state index < -0.39 is 35.6 Å². The third-order valence-electron chi connectivity index (χ3n) is 4.83. The fraction of sp³-hybridized carbons (Fsp3) is 0.208. The normalized spacial score (nSPS) is 14.7. The number of halogens is 1. The molecule has 3 rings (SSSR count). The van der Waals surface area contributed by atoms with Crippen LogP contribution in [-0.2, 0) is 14.4 Å². The number of urea groups is 1. The van der Waals surface area contributed by atoms with Crippen molar-refractivity contribution in [2.24, 2.45) is 4.99 Å². The quantitative estimate of drug-likeness (QED) is 0.359. The highest BCUT2D eigenvalue weighted by Gasteiger charge is 2.48. The zero-order valence-electron chi connectivity index (χ0n) is 20.1. The van der Waals surface area contributed by atoms with Crippen molar-refractivity contribution in [3.8, 4) is 11.5 Å². The van der Waals surface area contributed by atoms with Gasteiger partial charge in [0.2, 0.25) is 5.71 Å². The molecule has 0 spiro atoms. The Kier molecular flexibility index (Phi) is 7.37. The molecule has 186 valence electrons. The van der Waals surface area contributed by atoms with Crippen LogP contribution in [0.2, 0.25) is 0 Å². The van der Waals surface area contributed by atoms with Crippen LogP contribution in [-0.4, -0.2) is 71.9 Å². The largest absolute Gasteiger partial charge is 0.423 e. The zero-order valence-corrected chi connectivity index (χ0v) is 20.1. The van der Waals surface area contributed by atoms with Gasteiger partial charge in [-0.15, -0.1) is 4.90 Å². The number of nitrogens with zero attached hydrogens (tertiary/aromatic N) is 4. The molecule has 0 aromatic heterocycles. The summed E-state index contributed by atoms with van der Waals surface area (Å²) < 4.78 is 24.9.